The van der Waals surface area contributed by atoms with Crippen molar-refractivity contribution in [3.8, 4) is 0 Å². The van der Waals surface area contributed by atoms with E-state index in [0.29, 0.717) is 0 Å². The Hall–Kier alpha value is 1.17. The van der Waals surface area contributed by atoms with Crippen LogP contribution in [0.5, 0.6) is 0 Å². The summed E-state index contributed by atoms with van der Waals surface area (Å²) in [7, 11) is 3.18. The molecule has 0 spiro atoms. The summed E-state index contributed by atoms with van der Waals surface area (Å²) in [4.78, 5) is 0. The number of ether oxygens (including phenoxy) is 1. The van der Waals surface area contributed by atoms with Crippen LogP contribution in [-0.4, -0.2) is 12.1 Å². The molecule has 0 saturated carbocycles. The maximum atomic E-state index is 4.44. The zero-order valence-electron chi connectivity index (χ0n) is 5.44. The maximum absolute atomic E-state index is 4.44. The fourth-order valence-corrected chi connectivity index (χ4v) is 0.144. The summed E-state index contributed by atoms with van der Waals surface area (Å²) >= 11 is 0. The van der Waals surface area contributed by atoms with Crippen molar-refractivity contribution >= 4 is 0 Å². The van der Waals surface area contributed by atoms with E-state index in [1.807, 2.05) is 6.92 Å². The Morgan fingerprint density at radius 2 is 1.75 bits per heavy atom. The van der Waals surface area contributed by atoms with E-state index in [9.17, 15) is 0 Å². The van der Waals surface area contributed by atoms with E-state index in [-0.39, 0.29) is 44.4 Å². The van der Waals surface area contributed by atoms with Crippen molar-refractivity contribution in [2.45, 2.75) is 13.3 Å². The molecular formula is C4H11O2Zn2-. The Bertz CT molecular complexity index is 19.5. The van der Waals surface area contributed by atoms with Gasteiger partial charge in [-0.15, -0.1) is 0 Å². The molecule has 0 fully saturated rings. The second kappa shape index (κ2) is 24.2. The summed E-state index contributed by atoms with van der Waals surface area (Å²) in [6, 6.07) is 0. The van der Waals surface area contributed by atoms with E-state index in [1.54, 1.807) is 0 Å². The van der Waals surface area contributed by atoms with E-state index < -0.39 is 0 Å². The molecule has 0 radical (unpaired) electrons. The van der Waals surface area contributed by atoms with Crippen LogP contribution in [0.2, 0.25) is 0 Å². The zero-order chi connectivity index (χ0) is 4.12. The van der Waals surface area contributed by atoms with Crippen molar-refractivity contribution < 1.29 is 49.2 Å². The average Bonchev–Trinajstić information content (AvgIpc) is 1.41. The molecule has 0 bridgehead atoms. The van der Waals surface area contributed by atoms with Crippen LogP contribution in [0.3, 0.4) is 0 Å². The molecule has 2 N–H and O–H groups in total. The summed E-state index contributed by atoms with van der Waals surface area (Å²) in [6.45, 7) is 2.82. The van der Waals surface area contributed by atoms with Crippen molar-refractivity contribution in [3.63, 3.8) is 0 Å². The third kappa shape index (κ3) is 27.2. The van der Waals surface area contributed by atoms with Crippen LogP contribution in [0.25, 0.3) is 0 Å². The van der Waals surface area contributed by atoms with E-state index in [1.165, 1.54) is 0 Å². The Morgan fingerprint density at radius 1 is 1.38 bits per heavy atom. The van der Waals surface area contributed by atoms with Crippen molar-refractivity contribution in [1.29, 1.82) is 0 Å². The molecule has 44 valence electrons. The monoisotopic (exact) mass is 219 g/mol. The van der Waals surface area contributed by atoms with E-state index in [0.717, 1.165) is 13.0 Å². The molecular weight excluding hydrogens is 211 g/mol. The standard InChI is InChI=1S/C4H9O.H2O.2Zn/c1-3-4-5-2;;;/h2-4H2,1H3;1H2;;/q-1;;;. The smallest absolute Gasteiger partial charge is 0.0107 e. The number of rotatable bonds is 2. The first-order valence-corrected chi connectivity index (χ1v) is 1.78. The minimum atomic E-state index is 0. The topological polar surface area (TPSA) is 40.7 Å². The van der Waals surface area contributed by atoms with Crippen LogP contribution < -0.4 is 0 Å². The SMILES string of the molecule is O.[CH2-]OCCC.[Zn].[Zn]. The first-order chi connectivity index (χ1) is 2.41. The predicted molar refractivity (Wildman–Crippen MR) is 25.2 cm³/mol. The Morgan fingerprint density at radius 3 is 1.75 bits per heavy atom. The van der Waals surface area contributed by atoms with E-state index >= 15 is 0 Å². The third-order valence-electron chi connectivity index (χ3n) is 0.348. The van der Waals surface area contributed by atoms with Crippen molar-refractivity contribution in [3.05, 3.63) is 7.11 Å². The third-order valence-corrected chi connectivity index (χ3v) is 0.348. The molecule has 0 rings (SSSR count). The van der Waals surface area contributed by atoms with Gasteiger partial charge in [0.05, 0.1) is 0 Å². The quantitative estimate of drug-likeness (QED) is 0.491. The average molecular weight is 222 g/mol. The van der Waals surface area contributed by atoms with Gasteiger partial charge < -0.3 is 10.2 Å². The van der Waals surface area contributed by atoms with Gasteiger partial charge in [-0.25, -0.2) is 7.11 Å². The van der Waals surface area contributed by atoms with Gasteiger partial charge in [0.15, 0.2) is 0 Å². The van der Waals surface area contributed by atoms with Crippen LogP contribution in [0, 0.1) is 7.11 Å². The summed E-state index contributed by atoms with van der Waals surface area (Å²) in [5.74, 6) is 0. The van der Waals surface area contributed by atoms with E-state index in [4.69, 9.17) is 0 Å². The normalized spacial score (nSPS) is 5.25. The molecule has 0 aliphatic rings. The molecule has 0 unspecified atom stereocenters. The van der Waals surface area contributed by atoms with Crippen molar-refractivity contribution in [2.75, 3.05) is 6.61 Å². The Labute approximate surface area is 76.2 Å². The van der Waals surface area contributed by atoms with E-state index in [2.05, 4.69) is 11.8 Å². The molecule has 0 aromatic rings. The molecule has 0 aliphatic heterocycles. The fourth-order valence-electron chi connectivity index (χ4n) is 0.144. The zero-order valence-corrected chi connectivity index (χ0v) is 11.4. The van der Waals surface area contributed by atoms with Gasteiger partial charge in [0.2, 0.25) is 0 Å². The fraction of sp³-hybridized carbons (Fsp3) is 0.750. The minimum Gasteiger partial charge on any atom is -0.555 e. The summed E-state index contributed by atoms with van der Waals surface area (Å²) in [5.41, 5.74) is 0. The van der Waals surface area contributed by atoms with Gasteiger partial charge in [0, 0.05) is 45.6 Å². The summed E-state index contributed by atoms with van der Waals surface area (Å²) in [5, 5.41) is 0. The van der Waals surface area contributed by atoms with Crippen LogP contribution in [-0.2, 0) is 43.7 Å². The molecule has 0 aromatic carbocycles. The second-order valence-corrected chi connectivity index (χ2v) is 0.908. The second-order valence-electron chi connectivity index (χ2n) is 0.908. The van der Waals surface area contributed by atoms with Gasteiger partial charge >= 0.3 is 0 Å². The van der Waals surface area contributed by atoms with Crippen LogP contribution in [0.4, 0.5) is 0 Å². The van der Waals surface area contributed by atoms with Crippen molar-refractivity contribution in [2.24, 2.45) is 0 Å². The predicted octanol–water partition coefficient (Wildman–Crippen LogP) is 0.375. The molecule has 0 heterocycles. The van der Waals surface area contributed by atoms with Gasteiger partial charge in [-0.05, 0) is 6.42 Å². The number of hydrogen-bond acceptors (Lipinski definition) is 1. The van der Waals surface area contributed by atoms with Crippen LogP contribution >= 0.6 is 0 Å². The molecule has 4 heteroatoms. The minimum absolute atomic E-state index is 0. The molecule has 0 atom stereocenters. The maximum Gasteiger partial charge on any atom is 0.0107 e. The van der Waals surface area contributed by atoms with Gasteiger partial charge in [0.1, 0.15) is 0 Å². The van der Waals surface area contributed by atoms with Crippen molar-refractivity contribution in [1.82, 2.24) is 0 Å². The molecule has 0 aromatic heterocycles. The number of hydrogen-bond donors (Lipinski definition) is 0. The van der Waals surface area contributed by atoms with Gasteiger partial charge in [-0.3, -0.25) is 0 Å². The van der Waals surface area contributed by atoms with Gasteiger partial charge in [-0.2, -0.15) is 0 Å². The molecule has 2 nitrogen and oxygen atoms in total. The molecule has 0 saturated heterocycles. The Kier molecular flexibility index (Phi) is 69.2. The molecule has 8 heavy (non-hydrogen) atoms. The molecule has 0 aliphatic carbocycles. The first-order valence-electron chi connectivity index (χ1n) is 1.78. The van der Waals surface area contributed by atoms with Crippen LogP contribution in [0.1, 0.15) is 13.3 Å². The molecule has 0 amide bonds. The Balaban J connectivity index is -0.0000000267. The van der Waals surface area contributed by atoms with Crippen LogP contribution in [0.15, 0.2) is 0 Å². The summed E-state index contributed by atoms with van der Waals surface area (Å²) < 4.78 is 4.44. The van der Waals surface area contributed by atoms with Gasteiger partial charge in [0.25, 0.3) is 0 Å². The van der Waals surface area contributed by atoms with Gasteiger partial charge in [-0.1, -0.05) is 6.92 Å². The summed E-state index contributed by atoms with van der Waals surface area (Å²) in [6.07, 6.45) is 1.06. The largest absolute Gasteiger partial charge is 0.555 e. The first kappa shape index (κ1) is 22.9.